The lowest BCUT2D eigenvalue weighted by atomic mass is 9.91. The van der Waals surface area contributed by atoms with E-state index in [1.165, 1.54) is 18.4 Å². The molecule has 2 aromatic rings. The van der Waals surface area contributed by atoms with E-state index in [1.807, 2.05) is 5.32 Å². The highest BCUT2D eigenvalue weighted by molar-refractivity contribution is 6.07. The highest BCUT2D eigenvalue weighted by Gasteiger charge is 2.68. The fourth-order valence-electron chi connectivity index (χ4n) is 3.14. The van der Waals surface area contributed by atoms with E-state index in [9.17, 15) is 32.3 Å². The van der Waals surface area contributed by atoms with Gasteiger partial charge in [0.15, 0.2) is 0 Å². The maximum atomic E-state index is 14.1. The Morgan fingerprint density at radius 3 is 2.62 bits per heavy atom. The first kappa shape index (κ1) is 20.4. The van der Waals surface area contributed by atoms with Gasteiger partial charge in [0.05, 0.1) is 12.8 Å². The number of carbonyl (C=O) groups is 2. The van der Waals surface area contributed by atoms with Crippen LogP contribution in [-0.2, 0) is 21.7 Å². The Morgan fingerprint density at radius 1 is 1.31 bits per heavy atom. The van der Waals surface area contributed by atoms with Crippen molar-refractivity contribution in [2.75, 3.05) is 5.32 Å². The highest BCUT2D eigenvalue weighted by atomic mass is 19.4. The number of rotatable bonds is 6. The van der Waals surface area contributed by atoms with E-state index < -0.39 is 46.2 Å². The van der Waals surface area contributed by atoms with Gasteiger partial charge < -0.3 is 15.1 Å². The van der Waals surface area contributed by atoms with Crippen LogP contribution in [0.15, 0.2) is 32.4 Å². The summed E-state index contributed by atoms with van der Waals surface area (Å²) < 4.78 is 48.1. The number of halogens is 3. The molecule has 2 amide bonds. The summed E-state index contributed by atoms with van der Waals surface area (Å²) in [7, 11) is 0. The zero-order chi connectivity index (χ0) is 21.4. The van der Waals surface area contributed by atoms with E-state index in [-0.39, 0.29) is 18.7 Å². The molecule has 3 rings (SSSR count). The average molecular weight is 414 g/mol. The second-order valence-corrected chi connectivity index (χ2v) is 6.50. The van der Waals surface area contributed by atoms with Crippen LogP contribution in [-0.4, -0.2) is 27.5 Å². The Labute approximate surface area is 160 Å². The number of carbonyl (C=O) groups excluding carboxylic acids is 2. The van der Waals surface area contributed by atoms with Crippen LogP contribution < -0.4 is 21.9 Å². The highest BCUT2D eigenvalue weighted by Crippen LogP contribution is 2.45. The van der Waals surface area contributed by atoms with Crippen LogP contribution in [0.3, 0.4) is 0 Å². The number of hydrogen-bond donors (Lipinski definition) is 3. The molecule has 9 nitrogen and oxygen atoms in total. The number of nitrogens with one attached hydrogen (secondary N) is 3. The summed E-state index contributed by atoms with van der Waals surface area (Å²) in [6, 6.07) is 2.96. The topological polar surface area (TPSA) is 126 Å². The maximum absolute atomic E-state index is 14.1. The number of unbranched alkanes of at least 4 members (excludes halogenated alkanes) is 1. The number of hydrogen-bond acceptors (Lipinski definition) is 5. The third kappa shape index (κ3) is 3.34. The number of anilines is 1. The average Bonchev–Trinajstić information content (AvgIpc) is 3.23. The molecule has 0 spiro atoms. The van der Waals surface area contributed by atoms with Crippen LogP contribution in [0.1, 0.15) is 37.5 Å². The normalized spacial score (nSPS) is 18.4. The van der Waals surface area contributed by atoms with E-state index in [2.05, 4.69) is 0 Å². The second-order valence-electron chi connectivity index (χ2n) is 6.50. The van der Waals surface area contributed by atoms with Crippen molar-refractivity contribution in [3.63, 3.8) is 0 Å². The fraction of sp³-hybridized carbons (Fsp3) is 0.412. The molecule has 0 unspecified atom stereocenters. The zero-order valence-corrected chi connectivity index (χ0v) is 15.2. The molecule has 29 heavy (non-hydrogen) atoms. The molecule has 1 atom stereocenters. The second kappa shape index (κ2) is 7.26. The molecule has 0 aliphatic carbocycles. The van der Waals surface area contributed by atoms with Gasteiger partial charge in [0.1, 0.15) is 17.1 Å². The molecule has 156 valence electrons. The van der Waals surface area contributed by atoms with Gasteiger partial charge in [0.25, 0.3) is 11.5 Å². The van der Waals surface area contributed by atoms with Gasteiger partial charge >= 0.3 is 11.9 Å². The van der Waals surface area contributed by atoms with Crippen molar-refractivity contribution in [1.29, 1.82) is 0 Å². The molecule has 2 aromatic heterocycles. The van der Waals surface area contributed by atoms with Crippen molar-refractivity contribution in [2.24, 2.45) is 0 Å². The van der Waals surface area contributed by atoms with E-state index in [4.69, 9.17) is 4.42 Å². The lowest BCUT2D eigenvalue weighted by Gasteiger charge is -2.30. The third-order valence-electron chi connectivity index (χ3n) is 4.55. The van der Waals surface area contributed by atoms with Gasteiger partial charge in [-0.2, -0.15) is 13.2 Å². The first-order chi connectivity index (χ1) is 13.6. The van der Waals surface area contributed by atoms with Crippen molar-refractivity contribution >= 4 is 17.6 Å². The predicted octanol–water partition coefficient (Wildman–Crippen LogP) is 1.19. The van der Waals surface area contributed by atoms with Crippen LogP contribution in [0, 0.1) is 0 Å². The summed E-state index contributed by atoms with van der Waals surface area (Å²) in [6.45, 7) is 1.39. The molecule has 0 bridgehead atoms. The van der Waals surface area contributed by atoms with Gasteiger partial charge in [0.2, 0.25) is 11.4 Å². The number of aromatic nitrogens is 2. The van der Waals surface area contributed by atoms with Gasteiger partial charge in [-0.25, -0.2) is 4.79 Å². The van der Waals surface area contributed by atoms with Gasteiger partial charge in [0, 0.05) is 6.42 Å². The minimum absolute atomic E-state index is 0.201. The van der Waals surface area contributed by atoms with Gasteiger partial charge in [-0.15, -0.1) is 0 Å². The molecule has 0 aromatic carbocycles. The number of nitrogens with zero attached hydrogens (tertiary/aromatic N) is 1. The number of H-pyrrole nitrogens is 1. The number of aromatic amines is 1. The van der Waals surface area contributed by atoms with Crippen molar-refractivity contribution in [3.05, 3.63) is 50.6 Å². The maximum Gasteiger partial charge on any atom is 0.425 e. The van der Waals surface area contributed by atoms with Crippen LogP contribution >= 0.6 is 0 Å². The largest absolute Gasteiger partial charge is 0.467 e. The summed E-state index contributed by atoms with van der Waals surface area (Å²) in [4.78, 5) is 50.9. The fourth-order valence-corrected chi connectivity index (χ4v) is 3.14. The van der Waals surface area contributed by atoms with Crippen molar-refractivity contribution < 1.29 is 27.2 Å². The van der Waals surface area contributed by atoms with Crippen molar-refractivity contribution in [2.45, 2.75) is 44.4 Å². The predicted molar refractivity (Wildman–Crippen MR) is 93.2 cm³/mol. The first-order valence-electron chi connectivity index (χ1n) is 8.71. The van der Waals surface area contributed by atoms with Crippen LogP contribution in [0.5, 0.6) is 0 Å². The van der Waals surface area contributed by atoms with E-state index >= 15 is 0 Å². The summed E-state index contributed by atoms with van der Waals surface area (Å²) in [5, 5.41) is 3.63. The molecule has 3 N–H and O–H groups in total. The Kier molecular flexibility index (Phi) is 5.11. The molecule has 3 heterocycles. The molecular weight excluding hydrogens is 397 g/mol. The molecule has 1 aliphatic heterocycles. The van der Waals surface area contributed by atoms with E-state index in [0.29, 0.717) is 12.8 Å². The minimum atomic E-state index is -5.34. The van der Waals surface area contributed by atoms with E-state index in [1.54, 1.807) is 17.2 Å². The van der Waals surface area contributed by atoms with Gasteiger partial charge in [-0.1, -0.05) is 13.3 Å². The summed E-state index contributed by atoms with van der Waals surface area (Å²) in [6.07, 6.45) is -3.48. The first-order valence-corrected chi connectivity index (χ1v) is 8.71. The third-order valence-corrected chi connectivity index (χ3v) is 4.55. The van der Waals surface area contributed by atoms with Crippen LogP contribution in [0.25, 0.3) is 0 Å². The Bertz CT molecular complexity index is 1050. The monoisotopic (exact) mass is 414 g/mol. The number of fused-ring (bicyclic) bond motifs is 1. The van der Waals surface area contributed by atoms with Gasteiger partial charge in [-0.3, -0.25) is 23.9 Å². The Morgan fingerprint density at radius 2 is 2.03 bits per heavy atom. The van der Waals surface area contributed by atoms with E-state index in [0.717, 1.165) is 4.57 Å². The Balaban J connectivity index is 2.20. The lowest BCUT2D eigenvalue weighted by Crippen LogP contribution is -2.62. The molecule has 12 heteroatoms. The zero-order valence-electron chi connectivity index (χ0n) is 15.2. The number of alkyl halides is 3. The summed E-state index contributed by atoms with van der Waals surface area (Å²) >= 11 is 0. The van der Waals surface area contributed by atoms with Crippen LogP contribution in [0.2, 0.25) is 0 Å². The summed E-state index contributed by atoms with van der Waals surface area (Å²) in [5.74, 6) is -3.16. The molecular formula is C17H17F3N4O5. The number of furan rings is 1. The minimum Gasteiger partial charge on any atom is -0.467 e. The quantitative estimate of drug-likeness (QED) is 0.655. The Hall–Kier alpha value is -3.31. The van der Waals surface area contributed by atoms with Crippen molar-refractivity contribution in [3.8, 4) is 0 Å². The molecule has 0 fully saturated rings. The molecule has 1 aliphatic rings. The molecule has 0 radical (unpaired) electrons. The number of amides is 2. The smallest absolute Gasteiger partial charge is 0.425 e. The molecule has 0 saturated carbocycles. The lowest BCUT2D eigenvalue weighted by molar-refractivity contribution is -0.200. The van der Waals surface area contributed by atoms with Gasteiger partial charge in [-0.05, 0) is 18.6 Å². The SMILES string of the molecule is CCCCC(=O)N[C@]1(C(F)(F)F)C(=O)Nc2c1c(=O)[nH]c(=O)n2Cc1ccco1. The molecule has 0 saturated heterocycles. The standard InChI is InChI=1S/C17H17F3N4O5/c1-2-3-6-10(25)23-16(17(18,19)20)11-12(21-14(16)27)24(15(28)22-13(11)26)8-9-5-4-7-29-9/h4-5,7H,2-3,6,8H2,1H3,(H,21,27)(H,23,25)(H,22,26,28)/t16-/m0/s1. The van der Waals surface area contributed by atoms with Crippen LogP contribution in [0.4, 0.5) is 19.0 Å². The van der Waals surface area contributed by atoms with Crippen molar-refractivity contribution in [1.82, 2.24) is 14.9 Å². The summed E-state index contributed by atoms with van der Waals surface area (Å²) in [5.41, 5.74) is -7.17.